The van der Waals surface area contributed by atoms with Gasteiger partial charge in [-0.15, -0.1) is 11.6 Å². The third kappa shape index (κ3) is 3.34. The molecule has 0 N–H and O–H groups in total. The van der Waals surface area contributed by atoms with Gasteiger partial charge in [0.25, 0.3) is 0 Å². The summed E-state index contributed by atoms with van der Waals surface area (Å²) in [5.41, 5.74) is -0.400. The summed E-state index contributed by atoms with van der Waals surface area (Å²) in [4.78, 5) is 9.98. The molecule has 0 aliphatic rings. The van der Waals surface area contributed by atoms with E-state index >= 15 is 0 Å². The van der Waals surface area contributed by atoms with E-state index in [1.165, 1.54) is 26.3 Å². The average molecular weight is 309 g/mol. The molecule has 19 heavy (non-hydrogen) atoms. The highest BCUT2D eigenvalue weighted by Crippen LogP contribution is 2.30. The van der Waals surface area contributed by atoms with E-state index in [-0.39, 0.29) is 23.1 Å². The van der Waals surface area contributed by atoms with Crippen molar-refractivity contribution in [1.29, 1.82) is 0 Å². The van der Waals surface area contributed by atoms with Crippen LogP contribution in [-0.4, -0.2) is 44.2 Å². The van der Waals surface area contributed by atoms with Gasteiger partial charge >= 0.3 is 5.69 Å². The number of hydrogen-bond donors (Lipinski definition) is 0. The van der Waals surface area contributed by atoms with Crippen LogP contribution in [0.5, 0.6) is 5.75 Å². The smallest absolute Gasteiger partial charge is 0.312 e. The number of rotatable bonds is 6. The van der Waals surface area contributed by atoms with Crippen molar-refractivity contribution >= 4 is 27.3 Å². The summed E-state index contributed by atoms with van der Waals surface area (Å²) >= 11 is 5.48. The van der Waals surface area contributed by atoms with Crippen molar-refractivity contribution < 1.29 is 18.1 Å². The second-order valence-electron chi connectivity index (χ2n) is 3.61. The van der Waals surface area contributed by atoms with Gasteiger partial charge in [-0.05, 0) is 12.1 Å². The van der Waals surface area contributed by atoms with Gasteiger partial charge in [0.05, 0.1) is 16.9 Å². The molecule has 0 aliphatic carbocycles. The van der Waals surface area contributed by atoms with E-state index in [1.807, 2.05) is 0 Å². The Balaban J connectivity index is 3.29. The van der Waals surface area contributed by atoms with Crippen LogP contribution in [0.4, 0.5) is 5.69 Å². The molecule has 0 heterocycles. The van der Waals surface area contributed by atoms with Gasteiger partial charge in [0.1, 0.15) is 0 Å². The average Bonchev–Trinajstić information content (AvgIpc) is 2.38. The number of nitro benzene ring substituents is 1. The number of alkyl halides is 1. The normalized spacial score (nSPS) is 11.6. The van der Waals surface area contributed by atoms with Crippen molar-refractivity contribution in [1.82, 2.24) is 4.31 Å². The first kappa shape index (κ1) is 15.7. The Morgan fingerprint density at radius 1 is 1.47 bits per heavy atom. The van der Waals surface area contributed by atoms with Gasteiger partial charge in [0.2, 0.25) is 10.0 Å². The summed E-state index contributed by atoms with van der Waals surface area (Å²) in [6, 6.07) is 3.48. The topological polar surface area (TPSA) is 89.8 Å². The number of methoxy groups -OCH3 is 1. The second kappa shape index (κ2) is 6.18. The summed E-state index contributed by atoms with van der Waals surface area (Å²) < 4.78 is 30.0. The molecule has 1 aromatic rings. The largest absolute Gasteiger partial charge is 0.490 e. The number of hydrogen-bond acceptors (Lipinski definition) is 5. The summed E-state index contributed by atoms with van der Waals surface area (Å²) in [7, 11) is -1.16. The molecular weight excluding hydrogens is 296 g/mol. The number of benzene rings is 1. The molecule has 0 atom stereocenters. The summed E-state index contributed by atoms with van der Waals surface area (Å²) in [5.74, 6) is 0.137. The Labute approximate surface area is 115 Å². The number of halogens is 1. The van der Waals surface area contributed by atoms with E-state index in [0.717, 1.165) is 10.4 Å². The zero-order valence-electron chi connectivity index (χ0n) is 10.4. The zero-order valence-corrected chi connectivity index (χ0v) is 11.9. The van der Waals surface area contributed by atoms with Gasteiger partial charge in [-0.2, -0.15) is 4.31 Å². The molecule has 9 heteroatoms. The summed E-state index contributed by atoms with van der Waals surface area (Å²) in [5, 5.41) is 10.9. The summed E-state index contributed by atoms with van der Waals surface area (Å²) in [6.45, 7) is 0.115. The SMILES string of the molecule is COc1ccc(S(=O)(=O)N(C)CCCl)cc1[N+](=O)[O-]. The predicted molar refractivity (Wildman–Crippen MR) is 70.2 cm³/mol. The molecule has 0 spiro atoms. The van der Waals surface area contributed by atoms with Crippen LogP contribution in [0.25, 0.3) is 0 Å². The van der Waals surface area contributed by atoms with Crippen molar-refractivity contribution in [3.05, 3.63) is 28.3 Å². The van der Waals surface area contributed by atoms with E-state index in [9.17, 15) is 18.5 Å². The highest BCUT2D eigenvalue weighted by atomic mass is 35.5. The van der Waals surface area contributed by atoms with Crippen molar-refractivity contribution in [2.24, 2.45) is 0 Å². The van der Waals surface area contributed by atoms with E-state index in [2.05, 4.69) is 0 Å². The minimum absolute atomic E-state index is 0.00365. The van der Waals surface area contributed by atoms with Crippen LogP contribution in [0.3, 0.4) is 0 Å². The van der Waals surface area contributed by atoms with Crippen LogP contribution in [0.2, 0.25) is 0 Å². The van der Waals surface area contributed by atoms with Crippen LogP contribution in [0, 0.1) is 10.1 Å². The molecule has 106 valence electrons. The number of ether oxygens (including phenoxy) is 1. The number of sulfonamides is 1. The Morgan fingerprint density at radius 2 is 2.11 bits per heavy atom. The predicted octanol–water partition coefficient (Wildman–Crippen LogP) is 1.46. The molecule has 0 saturated carbocycles. The molecule has 0 amide bonds. The quantitative estimate of drug-likeness (QED) is 0.451. The molecule has 1 aromatic carbocycles. The van der Waals surface area contributed by atoms with Crippen molar-refractivity contribution in [3.8, 4) is 5.75 Å². The minimum atomic E-state index is -3.79. The van der Waals surface area contributed by atoms with E-state index in [0.29, 0.717) is 0 Å². The molecule has 0 saturated heterocycles. The Hall–Kier alpha value is -1.38. The lowest BCUT2D eigenvalue weighted by atomic mass is 10.3. The van der Waals surface area contributed by atoms with Gasteiger partial charge in [-0.25, -0.2) is 8.42 Å². The van der Waals surface area contributed by atoms with Gasteiger partial charge in [-0.1, -0.05) is 0 Å². The molecule has 0 aromatic heterocycles. The second-order valence-corrected chi connectivity index (χ2v) is 6.03. The van der Waals surface area contributed by atoms with E-state index < -0.39 is 20.6 Å². The molecule has 0 unspecified atom stereocenters. The molecule has 0 radical (unpaired) electrons. The maximum absolute atomic E-state index is 12.1. The number of nitrogens with zero attached hydrogens (tertiary/aromatic N) is 2. The standard InChI is InChI=1S/C10H13ClN2O5S/c1-12(6-5-11)19(16,17)8-3-4-10(18-2)9(7-8)13(14)15/h3-4,7H,5-6H2,1-2H3. The summed E-state index contributed by atoms with van der Waals surface area (Å²) in [6.07, 6.45) is 0. The van der Waals surface area contributed by atoms with E-state index in [4.69, 9.17) is 16.3 Å². The molecule has 1 rings (SSSR count). The lowest BCUT2D eigenvalue weighted by Gasteiger charge is -2.15. The zero-order chi connectivity index (χ0) is 14.6. The van der Waals surface area contributed by atoms with E-state index in [1.54, 1.807) is 0 Å². The van der Waals surface area contributed by atoms with Crippen LogP contribution < -0.4 is 4.74 Å². The molecular formula is C10H13ClN2O5S. The van der Waals surface area contributed by atoms with Gasteiger partial charge in [0, 0.05) is 25.5 Å². The van der Waals surface area contributed by atoms with Crippen LogP contribution in [0.15, 0.2) is 23.1 Å². The maximum Gasteiger partial charge on any atom is 0.312 e. The highest BCUT2D eigenvalue weighted by Gasteiger charge is 2.25. The van der Waals surface area contributed by atoms with Gasteiger partial charge < -0.3 is 4.74 Å². The lowest BCUT2D eigenvalue weighted by Crippen LogP contribution is -2.28. The maximum atomic E-state index is 12.1. The third-order valence-electron chi connectivity index (χ3n) is 2.45. The Morgan fingerprint density at radius 3 is 2.58 bits per heavy atom. The molecule has 0 fully saturated rings. The Kier molecular flexibility index (Phi) is 5.10. The first-order valence-electron chi connectivity index (χ1n) is 5.19. The lowest BCUT2D eigenvalue weighted by molar-refractivity contribution is -0.386. The fourth-order valence-corrected chi connectivity index (χ4v) is 2.94. The van der Waals surface area contributed by atoms with Crippen LogP contribution >= 0.6 is 11.6 Å². The fraction of sp³-hybridized carbons (Fsp3) is 0.400. The van der Waals surface area contributed by atoms with Gasteiger partial charge in [0.15, 0.2) is 5.75 Å². The first-order chi connectivity index (χ1) is 8.84. The monoisotopic (exact) mass is 308 g/mol. The van der Waals surface area contributed by atoms with Gasteiger partial charge in [-0.3, -0.25) is 10.1 Å². The molecule has 0 aliphatic heterocycles. The van der Waals surface area contributed by atoms with Crippen molar-refractivity contribution in [2.75, 3.05) is 26.6 Å². The van der Waals surface area contributed by atoms with Crippen LogP contribution in [-0.2, 0) is 10.0 Å². The third-order valence-corrected chi connectivity index (χ3v) is 4.48. The molecule has 7 nitrogen and oxygen atoms in total. The Bertz CT molecular complexity index is 575. The molecule has 0 bridgehead atoms. The first-order valence-corrected chi connectivity index (χ1v) is 7.16. The van der Waals surface area contributed by atoms with Crippen molar-refractivity contribution in [3.63, 3.8) is 0 Å². The van der Waals surface area contributed by atoms with Crippen molar-refractivity contribution in [2.45, 2.75) is 4.90 Å². The fourth-order valence-electron chi connectivity index (χ4n) is 1.39. The van der Waals surface area contributed by atoms with Crippen LogP contribution in [0.1, 0.15) is 0 Å². The minimum Gasteiger partial charge on any atom is -0.490 e. The number of nitro groups is 1. The highest BCUT2D eigenvalue weighted by molar-refractivity contribution is 7.89.